The molecule has 1 atom stereocenters. The number of anilines is 1. The summed E-state index contributed by atoms with van der Waals surface area (Å²) in [6.45, 7) is 4.23. The Bertz CT molecular complexity index is 623. The van der Waals surface area contributed by atoms with Crippen molar-refractivity contribution < 1.29 is 19.3 Å². The van der Waals surface area contributed by atoms with Crippen LogP contribution in [0.1, 0.15) is 11.1 Å². The van der Waals surface area contributed by atoms with Gasteiger partial charge in [0, 0.05) is 26.8 Å². The number of nitrogens with zero attached hydrogens (tertiary/aromatic N) is 2. The Morgan fingerprint density at radius 2 is 1.52 bits per heavy atom. The van der Waals surface area contributed by atoms with E-state index in [4.69, 9.17) is 0 Å². The lowest BCUT2D eigenvalue weighted by molar-refractivity contribution is -0.863. The van der Waals surface area contributed by atoms with E-state index in [0.29, 0.717) is 0 Å². The minimum absolute atomic E-state index is 0.0263. The van der Waals surface area contributed by atoms with Crippen LogP contribution in [0.15, 0.2) is 18.2 Å². The summed E-state index contributed by atoms with van der Waals surface area (Å²) < 4.78 is 0. The van der Waals surface area contributed by atoms with Crippen molar-refractivity contribution in [3.05, 3.63) is 29.3 Å². The zero-order chi connectivity index (χ0) is 19.1. The molecule has 0 saturated carbocycles. The molecule has 3 amide bonds. The predicted octanol–water partition coefficient (Wildman–Crippen LogP) is -0.697. The number of hydrogen-bond donors (Lipinski definition) is 2. The van der Waals surface area contributed by atoms with E-state index < -0.39 is 0 Å². The third-order valence-corrected chi connectivity index (χ3v) is 3.96. The van der Waals surface area contributed by atoms with Crippen LogP contribution in [0, 0.1) is 13.8 Å². The molecule has 0 aliphatic carbocycles. The van der Waals surface area contributed by atoms with Crippen LogP contribution in [0.25, 0.3) is 0 Å². The number of rotatable bonds is 7. The highest BCUT2D eigenvalue weighted by Crippen LogP contribution is 2.19. The molecule has 1 unspecified atom stereocenters. The van der Waals surface area contributed by atoms with Gasteiger partial charge in [-0.05, 0) is 25.0 Å². The molecule has 1 aromatic rings. The molecular formula is C18H29N4O3+. The summed E-state index contributed by atoms with van der Waals surface area (Å²) in [7, 11) is 6.74. The SMILES string of the molecule is Cc1cccc(C)c1NC(=O)CN(C)C(=O)C[NH+](C)CC(=O)N(C)C. The van der Waals surface area contributed by atoms with E-state index in [1.54, 1.807) is 28.2 Å². The Hall–Kier alpha value is -2.41. The maximum absolute atomic E-state index is 12.2. The number of benzene rings is 1. The van der Waals surface area contributed by atoms with Crippen LogP contribution in [0.2, 0.25) is 0 Å². The minimum atomic E-state index is -0.240. The zero-order valence-corrected chi connectivity index (χ0v) is 16.0. The summed E-state index contributed by atoms with van der Waals surface area (Å²) in [6, 6.07) is 5.79. The van der Waals surface area contributed by atoms with E-state index in [1.807, 2.05) is 32.0 Å². The number of quaternary nitrogens is 1. The number of amides is 3. The highest BCUT2D eigenvalue weighted by Gasteiger charge is 2.20. The van der Waals surface area contributed by atoms with E-state index in [1.165, 1.54) is 9.80 Å². The van der Waals surface area contributed by atoms with Crippen LogP contribution < -0.4 is 10.2 Å². The van der Waals surface area contributed by atoms with E-state index >= 15 is 0 Å². The molecule has 0 aliphatic rings. The van der Waals surface area contributed by atoms with Crippen molar-refractivity contribution in [3.8, 4) is 0 Å². The molecule has 0 aliphatic heterocycles. The molecule has 7 heteroatoms. The van der Waals surface area contributed by atoms with Crippen molar-refractivity contribution >= 4 is 23.4 Å². The number of hydrogen-bond acceptors (Lipinski definition) is 3. The molecule has 2 N–H and O–H groups in total. The number of carbonyl (C=O) groups excluding carboxylic acids is 3. The summed E-state index contributed by atoms with van der Waals surface area (Å²) in [4.78, 5) is 39.8. The Balaban J connectivity index is 2.54. The van der Waals surface area contributed by atoms with Gasteiger partial charge in [0.2, 0.25) is 5.91 Å². The largest absolute Gasteiger partial charge is 0.344 e. The Morgan fingerprint density at radius 3 is 2.04 bits per heavy atom. The molecule has 1 rings (SSSR count). The summed E-state index contributed by atoms with van der Waals surface area (Å²) in [5.74, 6) is -0.461. The number of nitrogens with one attached hydrogen (secondary N) is 2. The topological polar surface area (TPSA) is 74.2 Å². The first kappa shape index (κ1) is 20.6. The van der Waals surface area contributed by atoms with Crippen LogP contribution in [0.5, 0.6) is 0 Å². The van der Waals surface area contributed by atoms with Gasteiger partial charge in [-0.25, -0.2) is 0 Å². The second-order valence-electron chi connectivity index (χ2n) is 6.66. The van der Waals surface area contributed by atoms with Crippen LogP contribution >= 0.6 is 0 Å². The molecular weight excluding hydrogens is 320 g/mol. The summed E-state index contributed by atoms with van der Waals surface area (Å²) in [5, 5.41) is 2.86. The van der Waals surface area contributed by atoms with Gasteiger partial charge >= 0.3 is 0 Å². The second-order valence-corrected chi connectivity index (χ2v) is 6.66. The van der Waals surface area contributed by atoms with E-state index in [2.05, 4.69) is 5.32 Å². The maximum Gasteiger partial charge on any atom is 0.277 e. The van der Waals surface area contributed by atoms with E-state index in [9.17, 15) is 14.4 Å². The number of likely N-dealkylation sites (N-methyl/N-ethyl adjacent to an activating group) is 3. The molecule has 0 fully saturated rings. The Kier molecular flexibility index (Phi) is 7.57. The van der Waals surface area contributed by atoms with Gasteiger partial charge in [0.15, 0.2) is 13.1 Å². The molecule has 0 heterocycles. The molecule has 25 heavy (non-hydrogen) atoms. The fourth-order valence-electron chi connectivity index (χ4n) is 2.37. The zero-order valence-electron chi connectivity index (χ0n) is 16.0. The van der Waals surface area contributed by atoms with Crippen molar-refractivity contribution in [1.29, 1.82) is 0 Å². The van der Waals surface area contributed by atoms with Crippen molar-refractivity contribution in [2.75, 3.05) is 53.1 Å². The summed E-state index contributed by atoms with van der Waals surface area (Å²) >= 11 is 0. The normalized spacial score (nSPS) is 11.6. The average Bonchev–Trinajstić information content (AvgIpc) is 2.50. The van der Waals surface area contributed by atoms with Gasteiger partial charge in [-0.15, -0.1) is 0 Å². The third-order valence-electron chi connectivity index (χ3n) is 3.96. The first-order valence-electron chi connectivity index (χ1n) is 8.23. The van der Waals surface area contributed by atoms with Gasteiger partial charge in [0.1, 0.15) is 0 Å². The third kappa shape index (κ3) is 6.54. The van der Waals surface area contributed by atoms with Crippen molar-refractivity contribution in [1.82, 2.24) is 9.80 Å². The average molecular weight is 349 g/mol. The lowest BCUT2D eigenvalue weighted by Crippen LogP contribution is -3.11. The van der Waals surface area contributed by atoms with E-state index in [0.717, 1.165) is 21.7 Å². The van der Waals surface area contributed by atoms with Gasteiger partial charge in [-0.1, -0.05) is 18.2 Å². The number of carbonyl (C=O) groups is 3. The molecule has 0 saturated heterocycles. The van der Waals surface area contributed by atoms with Crippen LogP contribution in [0.3, 0.4) is 0 Å². The monoisotopic (exact) mass is 349 g/mol. The fraction of sp³-hybridized carbons (Fsp3) is 0.500. The van der Waals surface area contributed by atoms with Crippen LogP contribution in [-0.4, -0.2) is 75.3 Å². The Morgan fingerprint density at radius 1 is 1.00 bits per heavy atom. The second kappa shape index (κ2) is 9.17. The van der Waals surface area contributed by atoms with Crippen molar-refractivity contribution in [2.24, 2.45) is 0 Å². The number of aryl methyl sites for hydroxylation is 2. The minimum Gasteiger partial charge on any atom is -0.344 e. The van der Waals surface area contributed by atoms with Gasteiger partial charge in [-0.2, -0.15) is 0 Å². The smallest absolute Gasteiger partial charge is 0.277 e. The van der Waals surface area contributed by atoms with Gasteiger partial charge in [0.05, 0.1) is 13.6 Å². The van der Waals surface area contributed by atoms with Gasteiger partial charge < -0.3 is 20.0 Å². The van der Waals surface area contributed by atoms with Crippen LogP contribution in [0.4, 0.5) is 5.69 Å². The first-order valence-corrected chi connectivity index (χ1v) is 8.23. The molecule has 0 aromatic heterocycles. The van der Waals surface area contributed by atoms with Crippen molar-refractivity contribution in [2.45, 2.75) is 13.8 Å². The molecule has 7 nitrogen and oxygen atoms in total. The molecule has 0 bridgehead atoms. The standard InChI is InChI=1S/C18H28N4O3/c1-13-8-7-9-14(2)18(13)19-15(23)10-22(6)17(25)12-21(5)11-16(24)20(3)4/h7-9H,10-12H2,1-6H3,(H,19,23)/p+1. The van der Waals surface area contributed by atoms with E-state index in [-0.39, 0.29) is 37.4 Å². The highest BCUT2D eigenvalue weighted by atomic mass is 16.2. The fourth-order valence-corrected chi connectivity index (χ4v) is 2.37. The lowest BCUT2D eigenvalue weighted by Gasteiger charge is -2.21. The molecule has 0 radical (unpaired) electrons. The van der Waals surface area contributed by atoms with Gasteiger partial charge in [0.25, 0.3) is 11.8 Å². The lowest BCUT2D eigenvalue weighted by atomic mass is 10.1. The first-order chi connectivity index (χ1) is 11.6. The van der Waals surface area contributed by atoms with Crippen molar-refractivity contribution in [3.63, 3.8) is 0 Å². The quantitative estimate of drug-likeness (QED) is 0.684. The van der Waals surface area contributed by atoms with Crippen LogP contribution in [-0.2, 0) is 14.4 Å². The van der Waals surface area contributed by atoms with Gasteiger partial charge in [-0.3, -0.25) is 14.4 Å². The summed E-state index contributed by atoms with van der Waals surface area (Å²) in [6.07, 6.45) is 0. The Labute approximate surface area is 149 Å². The maximum atomic E-state index is 12.2. The predicted molar refractivity (Wildman–Crippen MR) is 97.5 cm³/mol. The molecule has 1 aromatic carbocycles. The number of para-hydroxylation sites is 1. The molecule has 0 spiro atoms. The highest BCUT2D eigenvalue weighted by molar-refractivity contribution is 5.95. The summed E-state index contributed by atoms with van der Waals surface area (Å²) in [5.41, 5.74) is 2.75. The molecule has 138 valence electrons.